The van der Waals surface area contributed by atoms with E-state index >= 15 is 0 Å². The maximum absolute atomic E-state index is 12.0. The summed E-state index contributed by atoms with van der Waals surface area (Å²) >= 11 is 17.3. The van der Waals surface area contributed by atoms with Crippen molar-refractivity contribution in [3.63, 3.8) is 0 Å². The number of hydrogen-bond acceptors (Lipinski definition) is 4. The lowest BCUT2D eigenvalue weighted by Crippen LogP contribution is -2.40. The summed E-state index contributed by atoms with van der Waals surface area (Å²) < 4.78 is 10.9. The second-order valence-electron chi connectivity index (χ2n) is 5.89. The molecule has 0 saturated carbocycles. The second kappa shape index (κ2) is 9.37. The van der Waals surface area contributed by atoms with Crippen molar-refractivity contribution in [1.29, 1.82) is 0 Å². The molecule has 142 valence electrons. The Balaban J connectivity index is 1.51. The molecule has 3 rings (SSSR count). The number of hydrogen-bond donors (Lipinski definition) is 1. The van der Waals surface area contributed by atoms with Crippen molar-refractivity contribution in [3.8, 4) is 5.75 Å². The number of nitrogens with one attached hydrogen (secondary N) is 1. The summed E-state index contributed by atoms with van der Waals surface area (Å²) in [7, 11) is 0. The number of ether oxygens (including phenoxy) is 2. The van der Waals surface area contributed by atoms with Crippen LogP contribution in [0.5, 0.6) is 5.75 Å². The van der Waals surface area contributed by atoms with E-state index < -0.39 is 0 Å². The van der Waals surface area contributed by atoms with Crippen LogP contribution in [0.1, 0.15) is 5.56 Å². The Hall–Kier alpha value is -1.86. The van der Waals surface area contributed by atoms with Crippen molar-refractivity contribution >= 4 is 52.0 Å². The van der Waals surface area contributed by atoms with E-state index in [0.717, 1.165) is 23.6 Å². The Labute approximate surface area is 173 Å². The lowest BCUT2D eigenvalue weighted by molar-refractivity contribution is -0.118. The molecule has 0 unspecified atom stereocenters. The molecule has 0 bridgehead atoms. The van der Waals surface area contributed by atoms with Gasteiger partial charge >= 0.3 is 0 Å². The average molecular weight is 425 g/mol. The SMILES string of the molecule is O=C(COc1ccc(C(=S)N2CCOCC2)cc1)Nc1ccc(Cl)c(Cl)c1. The first kappa shape index (κ1) is 19.9. The third-order valence-corrected chi connectivity index (χ3v) is 5.21. The molecule has 1 fully saturated rings. The standard InChI is InChI=1S/C19H18Cl2N2O3S/c20-16-6-3-14(11-17(16)21)22-18(24)12-26-15-4-1-13(2-5-15)19(27)23-7-9-25-10-8-23/h1-6,11H,7-10,12H2,(H,22,24). The van der Waals surface area contributed by atoms with E-state index in [-0.39, 0.29) is 12.5 Å². The lowest BCUT2D eigenvalue weighted by Gasteiger charge is -2.29. The Morgan fingerprint density at radius 2 is 1.81 bits per heavy atom. The fourth-order valence-electron chi connectivity index (χ4n) is 2.56. The Bertz CT molecular complexity index is 824. The lowest BCUT2D eigenvalue weighted by atomic mass is 10.2. The summed E-state index contributed by atoms with van der Waals surface area (Å²) in [4.78, 5) is 14.9. The van der Waals surface area contributed by atoms with Crippen molar-refractivity contribution in [2.75, 3.05) is 38.2 Å². The average Bonchev–Trinajstić information content (AvgIpc) is 2.70. The summed E-state index contributed by atoms with van der Waals surface area (Å²) in [5.41, 5.74) is 1.50. The summed E-state index contributed by atoms with van der Waals surface area (Å²) in [5, 5.41) is 3.52. The van der Waals surface area contributed by atoms with E-state index in [1.165, 1.54) is 0 Å². The highest BCUT2D eigenvalue weighted by Gasteiger charge is 2.15. The number of thiocarbonyl (C=S) groups is 1. The molecule has 0 spiro atoms. The molecule has 1 N–H and O–H groups in total. The van der Waals surface area contributed by atoms with Crippen molar-refractivity contribution in [2.45, 2.75) is 0 Å². The number of carbonyl (C=O) groups is 1. The molecule has 27 heavy (non-hydrogen) atoms. The van der Waals surface area contributed by atoms with Gasteiger partial charge in [0, 0.05) is 24.3 Å². The van der Waals surface area contributed by atoms with Crippen LogP contribution >= 0.6 is 35.4 Å². The van der Waals surface area contributed by atoms with Gasteiger partial charge in [0.1, 0.15) is 10.7 Å². The van der Waals surface area contributed by atoms with Gasteiger partial charge in [0.25, 0.3) is 5.91 Å². The number of morpholine rings is 1. The van der Waals surface area contributed by atoms with Gasteiger partial charge in [-0.05, 0) is 42.5 Å². The van der Waals surface area contributed by atoms with Gasteiger partial charge in [0.2, 0.25) is 0 Å². The summed E-state index contributed by atoms with van der Waals surface area (Å²) in [5.74, 6) is 0.300. The van der Waals surface area contributed by atoms with Crippen LogP contribution in [0.2, 0.25) is 10.0 Å². The van der Waals surface area contributed by atoms with Gasteiger partial charge in [0.05, 0.1) is 23.3 Å². The third-order valence-electron chi connectivity index (χ3n) is 3.97. The first-order chi connectivity index (χ1) is 13.0. The van der Waals surface area contributed by atoms with Crippen LogP contribution in [0, 0.1) is 0 Å². The quantitative estimate of drug-likeness (QED) is 0.734. The van der Waals surface area contributed by atoms with Crippen molar-refractivity contribution < 1.29 is 14.3 Å². The van der Waals surface area contributed by atoms with E-state index in [1.807, 2.05) is 12.1 Å². The summed E-state index contributed by atoms with van der Waals surface area (Å²) in [6, 6.07) is 12.3. The van der Waals surface area contributed by atoms with Crippen LogP contribution in [0.15, 0.2) is 42.5 Å². The van der Waals surface area contributed by atoms with Crippen molar-refractivity contribution in [1.82, 2.24) is 4.90 Å². The molecule has 0 radical (unpaired) electrons. The van der Waals surface area contributed by atoms with Crippen LogP contribution in [0.4, 0.5) is 5.69 Å². The molecular weight excluding hydrogens is 407 g/mol. The van der Waals surface area contributed by atoms with Crippen LogP contribution in [-0.4, -0.2) is 48.7 Å². The topological polar surface area (TPSA) is 50.8 Å². The zero-order valence-electron chi connectivity index (χ0n) is 14.4. The number of amides is 1. The smallest absolute Gasteiger partial charge is 0.262 e. The summed E-state index contributed by atoms with van der Waals surface area (Å²) in [6.45, 7) is 2.86. The molecule has 0 aromatic heterocycles. The Morgan fingerprint density at radius 1 is 1.11 bits per heavy atom. The molecule has 0 aliphatic carbocycles. The van der Waals surface area contributed by atoms with Gasteiger partial charge in [0.15, 0.2) is 6.61 Å². The number of anilines is 1. The first-order valence-electron chi connectivity index (χ1n) is 8.38. The summed E-state index contributed by atoms with van der Waals surface area (Å²) in [6.07, 6.45) is 0. The van der Waals surface area contributed by atoms with Gasteiger partial charge in [-0.3, -0.25) is 4.79 Å². The fraction of sp³-hybridized carbons (Fsp3) is 0.263. The molecule has 1 aliphatic rings. The van der Waals surface area contributed by atoms with Crippen LogP contribution in [-0.2, 0) is 9.53 Å². The highest BCUT2D eigenvalue weighted by Crippen LogP contribution is 2.25. The predicted octanol–water partition coefficient (Wildman–Crippen LogP) is 4.02. The van der Waals surface area contributed by atoms with Crippen LogP contribution < -0.4 is 10.1 Å². The Morgan fingerprint density at radius 3 is 2.48 bits per heavy atom. The highest BCUT2D eigenvalue weighted by atomic mass is 35.5. The minimum atomic E-state index is -0.290. The molecule has 2 aromatic carbocycles. The number of halogens is 2. The fourth-order valence-corrected chi connectivity index (χ4v) is 3.18. The largest absolute Gasteiger partial charge is 0.484 e. The van der Waals surface area contributed by atoms with Gasteiger partial charge in [-0.2, -0.15) is 0 Å². The van der Waals surface area contributed by atoms with Crippen molar-refractivity contribution in [3.05, 3.63) is 58.1 Å². The molecule has 0 atom stereocenters. The normalized spacial score (nSPS) is 13.9. The Kier molecular flexibility index (Phi) is 6.90. The van der Waals surface area contributed by atoms with Crippen molar-refractivity contribution in [2.24, 2.45) is 0 Å². The van der Waals surface area contributed by atoms with Crippen LogP contribution in [0.3, 0.4) is 0 Å². The molecule has 1 aliphatic heterocycles. The first-order valence-corrected chi connectivity index (χ1v) is 9.54. The molecule has 5 nitrogen and oxygen atoms in total. The minimum absolute atomic E-state index is 0.118. The second-order valence-corrected chi connectivity index (χ2v) is 7.10. The van der Waals surface area contributed by atoms with E-state index in [4.69, 9.17) is 44.9 Å². The van der Waals surface area contributed by atoms with Gasteiger partial charge in [-0.25, -0.2) is 0 Å². The molecular formula is C19H18Cl2N2O3S. The molecule has 8 heteroatoms. The maximum Gasteiger partial charge on any atom is 0.262 e. The maximum atomic E-state index is 12.0. The van der Waals surface area contributed by atoms with E-state index in [9.17, 15) is 4.79 Å². The van der Waals surface area contributed by atoms with Gasteiger partial charge in [-0.1, -0.05) is 35.4 Å². The molecule has 1 amide bonds. The zero-order valence-corrected chi connectivity index (χ0v) is 16.7. The van der Waals surface area contributed by atoms with E-state index in [0.29, 0.717) is 34.7 Å². The highest BCUT2D eigenvalue weighted by molar-refractivity contribution is 7.80. The van der Waals surface area contributed by atoms with Gasteiger partial charge < -0.3 is 19.7 Å². The van der Waals surface area contributed by atoms with E-state index in [2.05, 4.69) is 10.2 Å². The van der Waals surface area contributed by atoms with Crippen LogP contribution in [0.25, 0.3) is 0 Å². The van der Waals surface area contributed by atoms with E-state index in [1.54, 1.807) is 30.3 Å². The number of benzene rings is 2. The number of carbonyl (C=O) groups excluding carboxylic acids is 1. The molecule has 1 heterocycles. The zero-order chi connectivity index (χ0) is 19.2. The number of nitrogens with zero attached hydrogens (tertiary/aromatic N) is 1. The molecule has 2 aromatic rings. The number of rotatable bonds is 5. The van der Waals surface area contributed by atoms with Gasteiger partial charge in [-0.15, -0.1) is 0 Å². The minimum Gasteiger partial charge on any atom is -0.484 e. The predicted molar refractivity (Wildman–Crippen MR) is 111 cm³/mol. The molecule has 1 saturated heterocycles. The monoisotopic (exact) mass is 424 g/mol. The third kappa shape index (κ3) is 5.56.